The minimum Gasteiger partial charge on any atom is -0.340 e. The fraction of sp³-hybridized carbons (Fsp3) is 0.500. The van der Waals surface area contributed by atoms with E-state index in [1.165, 1.54) is 0 Å². The minimum atomic E-state index is -0.251. The van der Waals surface area contributed by atoms with Crippen LogP contribution in [0.25, 0.3) is 0 Å². The predicted molar refractivity (Wildman–Crippen MR) is 93.5 cm³/mol. The van der Waals surface area contributed by atoms with E-state index in [-0.39, 0.29) is 11.9 Å². The van der Waals surface area contributed by atoms with Gasteiger partial charge < -0.3 is 15.2 Å². The lowest BCUT2D eigenvalue weighted by Gasteiger charge is -2.34. The van der Waals surface area contributed by atoms with E-state index in [4.69, 9.17) is 10.3 Å². The molecule has 1 aliphatic heterocycles. The Bertz CT molecular complexity index is 680. The SMILES string of the molecule is CCc1nc(CN2CCN(C(=O)CC(N)c3ccccc3)CC2)no1. The highest BCUT2D eigenvalue weighted by atomic mass is 16.5. The second-order valence-electron chi connectivity index (χ2n) is 6.34. The number of carbonyl (C=O) groups is 1. The maximum atomic E-state index is 12.5. The Balaban J connectivity index is 1.46. The third kappa shape index (κ3) is 4.64. The molecule has 1 atom stereocenters. The molecule has 1 aliphatic rings. The van der Waals surface area contributed by atoms with E-state index in [9.17, 15) is 4.79 Å². The predicted octanol–water partition coefficient (Wildman–Crippen LogP) is 1.37. The van der Waals surface area contributed by atoms with Crippen LogP contribution in [0.1, 0.15) is 36.7 Å². The Labute approximate surface area is 147 Å². The number of rotatable bonds is 6. The quantitative estimate of drug-likeness (QED) is 0.852. The number of hydrogen-bond acceptors (Lipinski definition) is 6. The van der Waals surface area contributed by atoms with Gasteiger partial charge >= 0.3 is 0 Å². The number of nitrogens with two attached hydrogens (primary N) is 1. The maximum absolute atomic E-state index is 12.5. The van der Waals surface area contributed by atoms with E-state index >= 15 is 0 Å². The van der Waals surface area contributed by atoms with Crippen LogP contribution in [-0.2, 0) is 17.8 Å². The van der Waals surface area contributed by atoms with Crippen molar-refractivity contribution in [3.63, 3.8) is 0 Å². The zero-order valence-electron chi connectivity index (χ0n) is 14.6. The number of aromatic nitrogens is 2. The molecule has 1 aromatic heterocycles. The first kappa shape index (κ1) is 17.6. The van der Waals surface area contributed by atoms with Gasteiger partial charge in [0, 0.05) is 45.1 Å². The first-order valence-corrected chi connectivity index (χ1v) is 8.78. The van der Waals surface area contributed by atoms with Gasteiger partial charge in [0.05, 0.1) is 6.54 Å². The molecule has 7 nitrogen and oxygen atoms in total. The molecular weight excluding hydrogens is 318 g/mol. The number of carbonyl (C=O) groups excluding carboxylic acids is 1. The molecule has 1 saturated heterocycles. The summed E-state index contributed by atoms with van der Waals surface area (Å²) in [6.45, 7) is 5.68. The van der Waals surface area contributed by atoms with Crippen LogP contribution >= 0.6 is 0 Å². The highest BCUT2D eigenvalue weighted by Crippen LogP contribution is 2.16. The van der Waals surface area contributed by atoms with Gasteiger partial charge in [-0.1, -0.05) is 42.4 Å². The van der Waals surface area contributed by atoms with Crippen molar-refractivity contribution in [2.75, 3.05) is 26.2 Å². The standard InChI is InChI=1S/C18H25N5O2/c1-2-17-20-16(21-25-17)13-22-8-10-23(11-9-22)18(24)12-15(19)14-6-4-3-5-7-14/h3-7,15H,2,8-13,19H2,1H3. The van der Waals surface area contributed by atoms with Gasteiger partial charge in [-0.2, -0.15) is 4.98 Å². The lowest BCUT2D eigenvalue weighted by molar-refractivity contribution is -0.133. The molecule has 0 spiro atoms. The third-order valence-corrected chi connectivity index (χ3v) is 4.52. The zero-order valence-corrected chi connectivity index (χ0v) is 14.6. The number of nitrogens with zero attached hydrogens (tertiary/aromatic N) is 4. The molecule has 25 heavy (non-hydrogen) atoms. The van der Waals surface area contributed by atoms with Gasteiger partial charge in [0.15, 0.2) is 5.82 Å². The fourth-order valence-corrected chi connectivity index (χ4v) is 2.99. The normalized spacial score (nSPS) is 16.8. The molecule has 2 N–H and O–H groups in total. The highest BCUT2D eigenvalue weighted by molar-refractivity contribution is 5.77. The average Bonchev–Trinajstić information content (AvgIpc) is 3.10. The molecule has 0 radical (unpaired) electrons. The number of amides is 1. The molecule has 1 unspecified atom stereocenters. The van der Waals surface area contributed by atoms with E-state index in [1.54, 1.807) is 0 Å². The van der Waals surface area contributed by atoms with Crippen LogP contribution in [-0.4, -0.2) is 52.0 Å². The van der Waals surface area contributed by atoms with E-state index < -0.39 is 0 Å². The molecule has 134 valence electrons. The zero-order chi connectivity index (χ0) is 17.6. The number of hydrogen-bond donors (Lipinski definition) is 1. The molecule has 0 bridgehead atoms. The van der Waals surface area contributed by atoms with Crippen LogP contribution in [0.2, 0.25) is 0 Å². The van der Waals surface area contributed by atoms with Gasteiger partial charge in [0.2, 0.25) is 11.8 Å². The molecule has 0 aliphatic carbocycles. The minimum absolute atomic E-state index is 0.115. The lowest BCUT2D eigenvalue weighted by atomic mass is 10.0. The molecule has 0 saturated carbocycles. The smallest absolute Gasteiger partial charge is 0.226 e. The van der Waals surface area contributed by atoms with Gasteiger partial charge in [0.1, 0.15) is 0 Å². The second-order valence-corrected chi connectivity index (χ2v) is 6.34. The summed E-state index contributed by atoms with van der Waals surface area (Å²) in [5.74, 6) is 1.49. The van der Waals surface area contributed by atoms with E-state index in [0.717, 1.165) is 25.1 Å². The van der Waals surface area contributed by atoms with Crippen LogP contribution in [0.3, 0.4) is 0 Å². The fourth-order valence-electron chi connectivity index (χ4n) is 2.99. The summed E-state index contributed by atoms with van der Waals surface area (Å²) in [5.41, 5.74) is 7.16. The van der Waals surface area contributed by atoms with Gasteiger partial charge in [-0.05, 0) is 5.56 Å². The van der Waals surface area contributed by atoms with Gasteiger partial charge in [-0.25, -0.2) is 0 Å². The molecular formula is C18H25N5O2. The Hall–Kier alpha value is -2.25. The van der Waals surface area contributed by atoms with Crippen molar-refractivity contribution in [3.8, 4) is 0 Å². The van der Waals surface area contributed by atoms with Crippen LogP contribution in [0.5, 0.6) is 0 Å². The molecule has 1 aromatic carbocycles. The van der Waals surface area contributed by atoms with Crippen molar-refractivity contribution in [2.45, 2.75) is 32.4 Å². The number of benzene rings is 1. The van der Waals surface area contributed by atoms with E-state index in [1.807, 2.05) is 42.2 Å². The topological polar surface area (TPSA) is 88.5 Å². The van der Waals surface area contributed by atoms with Crippen LogP contribution in [0.4, 0.5) is 0 Å². The molecule has 1 fully saturated rings. The van der Waals surface area contributed by atoms with Crippen LogP contribution in [0, 0.1) is 0 Å². The Morgan fingerprint density at radius 2 is 1.96 bits per heavy atom. The summed E-state index contributed by atoms with van der Waals surface area (Å²) in [6.07, 6.45) is 1.09. The first-order valence-electron chi connectivity index (χ1n) is 8.78. The largest absolute Gasteiger partial charge is 0.340 e. The number of piperazine rings is 1. The Morgan fingerprint density at radius 3 is 2.60 bits per heavy atom. The summed E-state index contributed by atoms with van der Waals surface area (Å²) in [4.78, 5) is 20.9. The molecule has 2 heterocycles. The summed E-state index contributed by atoms with van der Waals surface area (Å²) < 4.78 is 5.13. The lowest BCUT2D eigenvalue weighted by Crippen LogP contribution is -2.48. The molecule has 2 aromatic rings. The van der Waals surface area contributed by atoms with Crippen LogP contribution < -0.4 is 5.73 Å². The van der Waals surface area contributed by atoms with Crippen LogP contribution in [0.15, 0.2) is 34.9 Å². The van der Waals surface area contributed by atoms with Crippen molar-refractivity contribution in [3.05, 3.63) is 47.6 Å². The molecule has 3 rings (SSSR count). The van der Waals surface area contributed by atoms with Crippen molar-refractivity contribution in [2.24, 2.45) is 5.73 Å². The van der Waals surface area contributed by atoms with Gasteiger partial charge in [0.25, 0.3) is 0 Å². The Kier molecular flexibility index (Phi) is 5.78. The van der Waals surface area contributed by atoms with Gasteiger partial charge in [-0.3, -0.25) is 9.69 Å². The average molecular weight is 343 g/mol. The first-order chi connectivity index (χ1) is 12.2. The van der Waals surface area contributed by atoms with E-state index in [0.29, 0.717) is 37.8 Å². The van der Waals surface area contributed by atoms with E-state index in [2.05, 4.69) is 15.0 Å². The summed E-state index contributed by atoms with van der Waals surface area (Å²) in [6, 6.07) is 9.51. The Morgan fingerprint density at radius 1 is 1.24 bits per heavy atom. The summed E-state index contributed by atoms with van der Waals surface area (Å²) >= 11 is 0. The van der Waals surface area contributed by atoms with Crippen molar-refractivity contribution >= 4 is 5.91 Å². The maximum Gasteiger partial charge on any atom is 0.226 e. The third-order valence-electron chi connectivity index (χ3n) is 4.52. The summed E-state index contributed by atoms with van der Waals surface area (Å²) in [7, 11) is 0. The van der Waals surface area contributed by atoms with Crippen molar-refractivity contribution in [1.29, 1.82) is 0 Å². The number of aryl methyl sites for hydroxylation is 1. The summed E-state index contributed by atoms with van der Waals surface area (Å²) in [5, 5.41) is 3.98. The molecule has 1 amide bonds. The van der Waals surface area contributed by atoms with Crippen molar-refractivity contribution < 1.29 is 9.32 Å². The highest BCUT2D eigenvalue weighted by Gasteiger charge is 2.23. The van der Waals surface area contributed by atoms with Gasteiger partial charge in [-0.15, -0.1) is 0 Å². The second kappa shape index (κ2) is 8.22. The molecule has 7 heteroatoms. The van der Waals surface area contributed by atoms with Crippen molar-refractivity contribution in [1.82, 2.24) is 19.9 Å². The monoisotopic (exact) mass is 343 g/mol.